The lowest BCUT2D eigenvalue weighted by atomic mass is 9.78. The first kappa shape index (κ1) is 27.3. The molecule has 2 aromatic carbocycles. The van der Waals surface area contributed by atoms with Gasteiger partial charge in [-0.15, -0.1) is 0 Å². The van der Waals surface area contributed by atoms with Crippen LogP contribution in [-0.4, -0.2) is 32.0 Å². The molecule has 0 radical (unpaired) electrons. The van der Waals surface area contributed by atoms with E-state index in [1.54, 1.807) is 0 Å². The topological polar surface area (TPSA) is 136 Å². The zero-order valence-corrected chi connectivity index (χ0v) is 21.4. The molecular formula is C25H34N2O6S. The molecule has 2 aromatic rings. The van der Waals surface area contributed by atoms with Crippen molar-refractivity contribution >= 4 is 27.6 Å². The fraction of sp³-hybridized carbons (Fsp3) is 0.440. The Kier molecular flexibility index (Phi) is 8.16. The maximum atomic E-state index is 12.2. The van der Waals surface area contributed by atoms with Crippen molar-refractivity contribution in [3.63, 3.8) is 0 Å². The van der Waals surface area contributed by atoms with Crippen molar-refractivity contribution in [1.82, 2.24) is 0 Å². The Bertz CT molecular complexity index is 1140. The Morgan fingerprint density at radius 3 is 2.06 bits per heavy atom. The number of anilines is 1. The van der Waals surface area contributed by atoms with Crippen molar-refractivity contribution in [2.24, 2.45) is 5.14 Å². The predicted octanol–water partition coefficient (Wildman–Crippen LogP) is 3.75. The van der Waals surface area contributed by atoms with Crippen LogP contribution in [0.1, 0.15) is 64.7 Å². The van der Waals surface area contributed by atoms with Gasteiger partial charge in [-0.3, -0.25) is 9.59 Å². The Labute approximate surface area is 201 Å². The molecule has 186 valence electrons. The van der Waals surface area contributed by atoms with Gasteiger partial charge in [0.25, 0.3) is 5.91 Å². The third kappa shape index (κ3) is 7.56. The maximum absolute atomic E-state index is 12.2. The number of sulfonamides is 1. The van der Waals surface area contributed by atoms with E-state index in [0.29, 0.717) is 6.42 Å². The molecule has 0 bridgehead atoms. The van der Waals surface area contributed by atoms with E-state index >= 15 is 0 Å². The summed E-state index contributed by atoms with van der Waals surface area (Å²) in [7, 11) is -3.90. The van der Waals surface area contributed by atoms with Gasteiger partial charge in [0, 0.05) is 12.1 Å². The van der Waals surface area contributed by atoms with Gasteiger partial charge >= 0.3 is 5.97 Å². The number of phenols is 1. The highest BCUT2D eigenvalue weighted by atomic mass is 32.2. The molecule has 0 aliphatic rings. The van der Waals surface area contributed by atoms with E-state index in [-0.39, 0.29) is 33.6 Å². The van der Waals surface area contributed by atoms with Crippen molar-refractivity contribution in [2.75, 3.05) is 11.9 Å². The molecule has 0 saturated carbocycles. The molecule has 0 unspecified atom stereocenters. The number of benzene rings is 2. The van der Waals surface area contributed by atoms with Crippen molar-refractivity contribution < 1.29 is 27.9 Å². The van der Waals surface area contributed by atoms with E-state index in [9.17, 15) is 23.1 Å². The van der Waals surface area contributed by atoms with Gasteiger partial charge in [0.1, 0.15) is 5.75 Å². The van der Waals surface area contributed by atoms with Gasteiger partial charge < -0.3 is 15.2 Å². The van der Waals surface area contributed by atoms with Crippen LogP contribution in [0.3, 0.4) is 0 Å². The first-order chi connectivity index (χ1) is 15.5. The fourth-order valence-electron chi connectivity index (χ4n) is 3.39. The molecule has 0 heterocycles. The first-order valence-corrected chi connectivity index (χ1v) is 12.5. The summed E-state index contributed by atoms with van der Waals surface area (Å²) in [5.41, 5.74) is 2.18. The molecule has 0 fully saturated rings. The molecule has 0 atom stereocenters. The van der Waals surface area contributed by atoms with Crippen molar-refractivity contribution in [2.45, 2.75) is 70.1 Å². The van der Waals surface area contributed by atoms with Crippen LogP contribution in [0, 0.1) is 0 Å². The number of hydrogen-bond acceptors (Lipinski definition) is 6. The normalized spacial score (nSPS) is 12.3. The molecule has 8 nitrogen and oxygen atoms in total. The van der Waals surface area contributed by atoms with E-state index in [0.717, 1.165) is 16.7 Å². The summed E-state index contributed by atoms with van der Waals surface area (Å²) in [4.78, 5) is 24.2. The van der Waals surface area contributed by atoms with Gasteiger partial charge in [0.2, 0.25) is 10.0 Å². The summed E-state index contributed by atoms with van der Waals surface area (Å²) in [6.07, 6.45) is 0.454. The van der Waals surface area contributed by atoms with Gasteiger partial charge in [-0.05, 0) is 52.1 Å². The predicted molar refractivity (Wildman–Crippen MR) is 131 cm³/mol. The summed E-state index contributed by atoms with van der Waals surface area (Å²) in [5.74, 6) is -0.875. The fourth-order valence-corrected chi connectivity index (χ4v) is 3.95. The summed E-state index contributed by atoms with van der Waals surface area (Å²) in [6, 6.07) is 9.28. The molecular weight excluding hydrogens is 456 g/mol. The third-order valence-electron chi connectivity index (χ3n) is 5.21. The smallest absolute Gasteiger partial charge is 0.306 e. The molecule has 0 aliphatic carbocycles. The SMILES string of the molecule is CC(C)(C)c1cc(CCC(=O)OCC(=O)Nc2cccc(S(N)(=O)=O)c2)cc(C(C)(C)C)c1O. The average molecular weight is 491 g/mol. The van der Waals surface area contributed by atoms with Crippen LogP contribution in [0.2, 0.25) is 0 Å². The lowest BCUT2D eigenvalue weighted by Gasteiger charge is -2.28. The lowest BCUT2D eigenvalue weighted by Crippen LogP contribution is -2.21. The van der Waals surface area contributed by atoms with Crippen LogP contribution in [-0.2, 0) is 41.6 Å². The molecule has 9 heteroatoms. The number of amides is 1. The number of nitrogens with two attached hydrogens (primary N) is 1. The third-order valence-corrected chi connectivity index (χ3v) is 6.13. The number of carbonyl (C=O) groups excluding carboxylic acids is 2. The molecule has 1 amide bonds. The number of rotatable bonds is 7. The van der Waals surface area contributed by atoms with E-state index in [4.69, 9.17) is 9.88 Å². The van der Waals surface area contributed by atoms with E-state index < -0.39 is 28.5 Å². The highest BCUT2D eigenvalue weighted by molar-refractivity contribution is 7.89. The monoisotopic (exact) mass is 490 g/mol. The maximum Gasteiger partial charge on any atom is 0.306 e. The van der Waals surface area contributed by atoms with Gasteiger partial charge in [0.15, 0.2) is 6.61 Å². The lowest BCUT2D eigenvalue weighted by molar-refractivity contribution is -0.147. The summed E-state index contributed by atoms with van der Waals surface area (Å²) in [6.45, 7) is 11.6. The molecule has 4 N–H and O–H groups in total. The number of esters is 1. The standard InChI is InChI=1S/C25H34N2O6S/c1-24(2,3)19-12-16(13-20(23(19)30)25(4,5)6)10-11-22(29)33-15-21(28)27-17-8-7-9-18(14-17)34(26,31)32/h7-9,12-14,30H,10-11,15H2,1-6H3,(H,27,28)(H2,26,31,32). The van der Waals surface area contributed by atoms with Crippen LogP contribution < -0.4 is 10.5 Å². The Morgan fingerprint density at radius 2 is 1.56 bits per heavy atom. The minimum atomic E-state index is -3.90. The van der Waals surface area contributed by atoms with Crippen molar-refractivity contribution in [1.29, 1.82) is 0 Å². The number of primary sulfonamides is 1. The Hall–Kier alpha value is -2.91. The summed E-state index contributed by atoms with van der Waals surface area (Å²) >= 11 is 0. The minimum absolute atomic E-state index is 0.0616. The second-order valence-electron chi connectivity index (χ2n) is 10.3. The van der Waals surface area contributed by atoms with Crippen LogP contribution in [0.5, 0.6) is 5.75 Å². The number of aromatic hydroxyl groups is 1. The summed E-state index contributed by atoms with van der Waals surface area (Å²) in [5, 5.41) is 18.4. The Balaban J connectivity index is 2.01. The highest BCUT2D eigenvalue weighted by Gasteiger charge is 2.26. The molecule has 0 spiro atoms. The van der Waals surface area contributed by atoms with E-state index in [1.165, 1.54) is 24.3 Å². The molecule has 0 saturated heterocycles. The van der Waals surface area contributed by atoms with Crippen molar-refractivity contribution in [3.8, 4) is 5.75 Å². The second kappa shape index (κ2) is 10.1. The largest absolute Gasteiger partial charge is 0.507 e. The van der Waals surface area contributed by atoms with Crippen LogP contribution in [0.15, 0.2) is 41.3 Å². The second-order valence-corrected chi connectivity index (χ2v) is 11.9. The molecule has 0 aliphatic heterocycles. The number of phenolic OH excluding ortho intramolecular Hbond substituents is 1. The first-order valence-electron chi connectivity index (χ1n) is 10.9. The number of carbonyl (C=O) groups is 2. The van der Waals surface area contributed by atoms with Crippen molar-refractivity contribution in [3.05, 3.63) is 53.1 Å². The van der Waals surface area contributed by atoms with Gasteiger partial charge in [-0.25, -0.2) is 13.6 Å². The van der Waals surface area contributed by atoms with Crippen LogP contribution in [0.4, 0.5) is 5.69 Å². The minimum Gasteiger partial charge on any atom is -0.507 e. The quantitative estimate of drug-likeness (QED) is 0.506. The van der Waals surface area contributed by atoms with Gasteiger partial charge in [0.05, 0.1) is 4.90 Å². The number of hydrogen-bond donors (Lipinski definition) is 3. The Morgan fingerprint density at radius 1 is 1.00 bits per heavy atom. The van der Waals surface area contributed by atoms with E-state index in [2.05, 4.69) is 5.32 Å². The summed E-state index contributed by atoms with van der Waals surface area (Å²) < 4.78 is 27.9. The zero-order chi connectivity index (χ0) is 25.9. The highest BCUT2D eigenvalue weighted by Crippen LogP contribution is 2.40. The number of ether oxygens (including phenoxy) is 1. The number of nitrogens with one attached hydrogen (secondary N) is 1. The van der Waals surface area contributed by atoms with Crippen LogP contribution >= 0.6 is 0 Å². The van der Waals surface area contributed by atoms with Gasteiger partial charge in [-0.2, -0.15) is 0 Å². The average Bonchev–Trinajstić information content (AvgIpc) is 2.69. The zero-order valence-electron chi connectivity index (χ0n) is 20.6. The molecule has 0 aromatic heterocycles. The number of aryl methyl sites for hydroxylation is 1. The molecule has 34 heavy (non-hydrogen) atoms. The van der Waals surface area contributed by atoms with Gasteiger partial charge in [-0.1, -0.05) is 59.7 Å². The van der Waals surface area contributed by atoms with E-state index in [1.807, 2.05) is 53.7 Å². The van der Waals surface area contributed by atoms with Crippen LogP contribution in [0.25, 0.3) is 0 Å². The molecule has 2 rings (SSSR count).